The molecule has 1 aliphatic heterocycles. The van der Waals surface area contributed by atoms with Crippen LogP contribution < -0.4 is 15.0 Å². The molecule has 1 aliphatic rings. The van der Waals surface area contributed by atoms with E-state index in [1.165, 1.54) is 0 Å². The van der Waals surface area contributed by atoms with Crippen molar-refractivity contribution in [3.8, 4) is 11.4 Å². The summed E-state index contributed by atoms with van der Waals surface area (Å²) < 4.78 is 7.68. The van der Waals surface area contributed by atoms with Crippen LogP contribution in [-0.2, 0) is 11.3 Å². The number of carbonyl (C=O) groups excluding carboxylic acids is 1. The summed E-state index contributed by atoms with van der Waals surface area (Å²) in [6.07, 6.45) is 7.57. The third kappa shape index (κ3) is 4.64. The normalized spacial score (nSPS) is 14.5. The Kier molecular flexibility index (Phi) is 6.32. The first-order chi connectivity index (χ1) is 14.7. The van der Waals surface area contributed by atoms with Crippen molar-refractivity contribution in [3.05, 3.63) is 72.7 Å². The van der Waals surface area contributed by atoms with Crippen LogP contribution in [0.5, 0.6) is 5.75 Å². The molecular formula is C24H28N4O2. The maximum absolute atomic E-state index is 12.7. The predicted molar refractivity (Wildman–Crippen MR) is 118 cm³/mol. The average Bonchev–Trinajstić information content (AvgIpc) is 3.34. The number of piperidine rings is 1. The van der Waals surface area contributed by atoms with Gasteiger partial charge in [0, 0.05) is 43.5 Å². The second kappa shape index (κ2) is 9.48. The first kappa shape index (κ1) is 20.0. The molecule has 6 nitrogen and oxygen atoms in total. The maximum Gasteiger partial charge on any atom is 0.223 e. The molecule has 6 heteroatoms. The van der Waals surface area contributed by atoms with Gasteiger partial charge in [0.15, 0.2) is 0 Å². The number of nitrogens with one attached hydrogen (secondary N) is 1. The van der Waals surface area contributed by atoms with Gasteiger partial charge in [-0.2, -0.15) is 0 Å². The number of para-hydroxylation sites is 1. The van der Waals surface area contributed by atoms with Gasteiger partial charge < -0.3 is 19.5 Å². The van der Waals surface area contributed by atoms with Gasteiger partial charge in [-0.15, -0.1) is 0 Å². The number of carbonyl (C=O) groups is 1. The lowest BCUT2D eigenvalue weighted by Crippen LogP contribution is -2.40. The molecule has 3 heterocycles. The van der Waals surface area contributed by atoms with Gasteiger partial charge >= 0.3 is 0 Å². The predicted octanol–water partition coefficient (Wildman–Crippen LogP) is 3.80. The Morgan fingerprint density at radius 1 is 1.10 bits per heavy atom. The van der Waals surface area contributed by atoms with Crippen molar-refractivity contribution in [1.82, 2.24) is 14.9 Å². The van der Waals surface area contributed by atoms with Crippen molar-refractivity contribution in [3.63, 3.8) is 0 Å². The first-order valence-corrected chi connectivity index (χ1v) is 10.6. The molecule has 156 valence electrons. The van der Waals surface area contributed by atoms with E-state index >= 15 is 0 Å². The Labute approximate surface area is 177 Å². The largest absolute Gasteiger partial charge is 0.494 e. The van der Waals surface area contributed by atoms with Crippen molar-refractivity contribution in [2.45, 2.75) is 26.3 Å². The molecule has 0 saturated carbocycles. The van der Waals surface area contributed by atoms with Crippen LogP contribution in [0, 0.1) is 5.92 Å². The van der Waals surface area contributed by atoms with Crippen molar-refractivity contribution >= 4 is 11.7 Å². The quantitative estimate of drug-likeness (QED) is 0.651. The van der Waals surface area contributed by atoms with Gasteiger partial charge in [-0.3, -0.25) is 4.79 Å². The smallest absolute Gasteiger partial charge is 0.223 e. The number of hydrogen-bond acceptors (Lipinski definition) is 4. The van der Waals surface area contributed by atoms with Crippen molar-refractivity contribution in [1.29, 1.82) is 0 Å². The number of hydrogen-bond donors (Lipinski definition) is 1. The molecule has 0 atom stereocenters. The van der Waals surface area contributed by atoms with E-state index in [0.717, 1.165) is 48.7 Å². The molecule has 1 saturated heterocycles. The van der Waals surface area contributed by atoms with Crippen LogP contribution >= 0.6 is 0 Å². The Hall–Kier alpha value is -3.28. The van der Waals surface area contributed by atoms with Gasteiger partial charge in [-0.25, -0.2) is 4.98 Å². The highest BCUT2D eigenvalue weighted by Crippen LogP contribution is 2.23. The molecule has 1 fully saturated rings. The molecule has 0 unspecified atom stereocenters. The molecule has 0 bridgehead atoms. The lowest BCUT2D eigenvalue weighted by Gasteiger charge is -2.32. The molecule has 2 aromatic heterocycles. The van der Waals surface area contributed by atoms with Gasteiger partial charge in [0.1, 0.15) is 11.6 Å². The molecule has 1 N–H and O–H groups in total. The minimum Gasteiger partial charge on any atom is -0.494 e. The Balaban J connectivity index is 1.28. The zero-order chi connectivity index (χ0) is 20.8. The fraction of sp³-hybridized carbons (Fsp3) is 0.333. The third-order valence-corrected chi connectivity index (χ3v) is 5.55. The summed E-state index contributed by atoms with van der Waals surface area (Å²) >= 11 is 0. The van der Waals surface area contributed by atoms with Crippen molar-refractivity contribution < 1.29 is 9.53 Å². The summed E-state index contributed by atoms with van der Waals surface area (Å²) in [5.74, 6) is 1.97. The Morgan fingerprint density at radius 2 is 1.87 bits per heavy atom. The number of nitrogens with zero attached hydrogens (tertiary/aromatic N) is 3. The lowest BCUT2D eigenvalue weighted by molar-refractivity contribution is -0.125. The van der Waals surface area contributed by atoms with Crippen LogP contribution in [0.25, 0.3) is 5.69 Å². The molecule has 0 radical (unpaired) electrons. The molecule has 1 aromatic carbocycles. The number of pyridine rings is 1. The van der Waals surface area contributed by atoms with Crippen molar-refractivity contribution in [2.75, 3.05) is 24.6 Å². The molecule has 3 aromatic rings. The molecular weight excluding hydrogens is 376 g/mol. The zero-order valence-electron chi connectivity index (χ0n) is 17.3. The van der Waals surface area contributed by atoms with Crippen LogP contribution in [0.4, 0.5) is 5.82 Å². The number of anilines is 1. The zero-order valence-corrected chi connectivity index (χ0v) is 17.3. The van der Waals surface area contributed by atoms with Gasteiger partial charge in [0.2, 0.25) is 5.91 Å². The van der Waals surface area contributed by atoms with E-state index in [4.69, 9.17) is 4.74 Å². The van der Waals surface area contributed by atoms with E-state index in [2.05, 4.69) is 27.3 Å². The molecule has 0 spiro atoms. The minimum atomic E-state index is 0.0413. The van der Waals surface area contributed by atoms with E-state index in [1.807, 2.05) is 66.5 Å². The monoisotopic (exact) mass is 404 g/mol. The maximum atomic E-state index is 12.7. The van der Waals surface area contributed by atoms with Crippen LogP contribution in [0.1, 0.15) is 25.3 Å². The SMILES string of the molecule is CCOc1ccccc1CNC(=O)C1CCN(c2ccc(-n3cccc3)cn2)CC1. The topological polar surface area (TPSA) is 59.4 Å². The van der Waals surface area contributed by atoms with Gasteiger partial charge in [-0.05, 0) is 50.1 Å². The van der Waals surface area contributed by atoms with E-state index in [0.29, 0.717) is 13.2 Å². The minimum absolute atomic E-state index is 0.0413. The second-order valence-corrected chi connectivity index (χ2v) is 7.48. The fourth-order valence-corrected chi connectivity index (χ4v) is 3.87. The summed E-state index contributed by atoms with van der Waals surface area (Å²) in [4.78, 5) is 19.6. The number of ether oxygens (including phenoxy) is 1. The number of rotatable bonds is 7. The number of benzene rings is 1. The van der Waals surface area contributed by atoms with E-state index in [-0.39, 0.29) is 11.8 Å². The highest BCUT2D eigenvalue weighted by atomic mass is 16.5. The fourth-order valence-electron chi connectivity index (χ4n) is 3.87. The summed E-state index contributed by atoms with van der Waals surface area (Å²) in [6, 6.07) is 16.0. The first-order valence-electron chi connectivity index (χ1n) is 10.6. The lowest BCUT2D eigenvalue weighted by atomic mass is 9.95. The Morgan fingerprint density at radius 3 is 2.57 bits per heavy atom. The van der Waals surface area contributed by atoms with Crippen LogP contribution in [0.15, 0.2) is 67.1 Å². The van der Waals surface area contributed by atoms with Gasteiger partial charge in [0.05, 0.1) is 18.5 Å². The summed E-state index contributed by atoms with van der Waals surface area (Å²) in [7, 11) is 0. The van der Waals surface area contributed by atoms with Crippen molar-refractivity contribution in [2.24, 2.45) is 5.92 Å². The number of amides is 1. The highest BCUT2D eigenvalue weighted by Gasteiger charge is 2.25. The molecule has 30 heavy (non-hydrogen) atoms. The summed E-state index contributed by atoms with van der Waals surface area (Å²) in [5.41, 5.74) is 2.06. The highest BCUT2D eigenvalue weighted by molar-refractivity contribution is 5.79. The Bertz CT molecular complexity index is 946. The standard InChI is InChI=1S/C24H28N4O2/c1-2-30-22-8-4-3-7-20(22)17-26-24(29)19-11-15-28(16-12-19)23-10-9-21(18-25-23)27-13-5-6-14-27/h3-10,13-14,18-19H,2,11-12,15-17H2,1H3,(H,26,29). The second-order valence-electron chi connectivity index (χ2n) is 7.48. The van der Waals surface area contributed by atoms with Crippen LogP contribution in [0.2, 0.25) is 0 Å². The van der Waals surface area contributed by atoms with Crippen LogP contribution in [0.3, 0.4) is 0 Å². The van der Waals surface area contributed by atoms with Crippen LogP contribution in [-0.4, -0.2) is 35.2 Å². The average molecular weight is 405 g/mol. The van der Waals surface area contributed by atoms with Gasteiger partial charge in [0.25, 0.3) is 0 Å². The van der Waals surface area contributed by atoms with E-state index < -0.39 is 0 Å². The summed E-state index contributed by atoms with van der Waals surface area (Å²) in [5, 5.41) is 3.09. The van der Waals surface area contributed by atoms with E-state index in [9.17, 15) is 4.79 Å². The summed E-state index contributed by atoms with van der Waals surface area (Å²) in [6.45, 7) is 4.75. The van der Waals surface area contributed by atoms with E-state index in [1.54, 1.807) is 0 Å². The van der Waals surface area contributed by atoms with Gasteiger partial charge in [-0.1, -0.05) is 18.2 Å². The molecule has 1 amide bonds. The number of aromatic nitrogens is 2. The molecule has 4 rings (SSSR count). The molecule has 0 aliphatic carbocycles. The third-order valence-electron chi connectivity index (χ3n) is 5.55.